The van der Waals surface area contributed by atoms with Gasteiger partial charge in [0.25, 0.3) is 5.91 Å². The maximum Gasteiger partial charge on any atom is 0.417 e. The van der Waals surface area contributed by atoms with Gasteiger partial charge in [-0.3, -0.25) is 9.69 Å². The second-order valence-electron chi connectivity index (χ2n) is 8.94. The number of nitrogens with zero attached hydrogens (tertiary/aromatic N) is 4. The van der Waals surface area contributed by atoms with E-state index < -0.39 is 22.8 Å². The molecule has 11 heteroatoms. The van der Waals surface area contributed by atoms with Gasteiger partial charge in [0.1, 0.15) is 17.4 Å². The molecule has 2 aromatic carbocycles. The fourth-order valence-corrected chi connectivity index (χ4v) is 5.44. The van der Waals surface area contributed by atoms with Crippen LogP contribution in [0.2, 0.25) is 0 Å². The van der Waals surface area contributed by atoms with Gasteiger partial charge in [-0.05, 0) is 67.9 Å². The maximum absolute atomic E-state index is 13.6. The van der Waals surface area contributed by atoms with Crippen molar-refractivity contribution in [3.8, 4) is 11.8 Å². The number of aliphatic hydroxyl groups is 1. The van der Waals surface area contributed by atoms with Gasteiger partial charge in [0.05, 0.1) is 41.7 Å². The van der Waals surface area contributed by atoms with Gasteiger partial charge in [-0.25, -0.2) is 0 Å². The van der Waals surface area contributed by atoms with Gasteiger partial charge in [0.2, 0.25) is 0 Å². The number of halogens is 3. The Balaban J connectivity index is 1.57. The van der Waals surface area contributed by atoms with Crippen LogP contribution in [0.4, 0.5) is 30.2 Å². The average Bonchev–Trinajstić information content (AvgIpc) is 3.04. The normalized spacial score (nSPS) is 21.0. The van der Waals surface area contributed by atoms with Crippen molar-refractivity contribution in [2.75, 3.05) is 34.9 Å². The van der Waals surface area contributed by atoms with Gasteiger partial charge in [-0.2, -0.15) is 18.4 Å². The third-order valence-corrected chi connectivity index (χ3v) is 7.23. The molecule has 2 fully saturated rings. The Labute approximate surface area is 204 Å². The molecule has 1 N–H and O–H groups in total. The van der Waals surface area contributed by atoms with Crippen molar-refractivity contribution >= 4 is 40.3 Å². The molecule has 1 spiro atoms. The number of aliphatic hydroxyl groups excluding tert-OH is 1. The number of hydrogen-bond donors (Lipinski definition) is 1. The van der Waals surface area contributed by atoms with Crippen molar-refractivity contribution in [3.63, 3.8) is 0 Å². The molecule has 1 saturated heterocycles. The lowest BCUT2D eigenvalue weighted by atomic mass is 9.75. The van der Waals surface area contributed by atoms with E-state index in [1.54, 1.807) is 23.1 Å². The molecule has 1 atom stereocenters. The van der Waals surface area contributed by atoms with E-state index in [1.165, 1.54) is 6.07 Å². The highest BCUT2D eigenvalue weighted by Crippen LogP contribution is 2.49. The van der Waals surface area contributed by atoms with Gasteiger partial charge in [-0.1, -0.05) is 0 Å². The quantitative estimate of drug-likeness (QED) is 0.639. The second-order valence-corrected chi connectivity index (χ2v) is 9.30. The van der Waals surface area contributed by atoms with Crippen molar-refractivity contribution < 1.29 is 27.8 Å². The molecule has 1 saturated carbocycles. The number of alkyl halides is 3. The van der Waals surface area contributed by atoms with Crippen LogP contribution in [0, 0.1) is 11.3 Å². The summed E-state index contributed by atoms with van der Waals surface area (Å²) in [5, 5.41) is 18.7. The lowest BCUT2D eigenvalue weighted by molar-refractivity contribution is -0.137. The van der Waals surface area contributed by atoms with Gasteiger partial charge >= 0.3 is 6.18 Å². The number of likely N-dealkylation sites (N-methyl/N-ethyl adjacent to an activating group) is 1. The zero-order valence-corrected chi connectivity index (χ0v) is 19.5. The molecule has 7 nitrogen and oxygen atoms in total. The maximum atomic E-state index is 13.6. The number of anilines is 3. The summed E-state index contributed by atoms with van der Waals surface area (Å²) in [6, 6.07) is 10.1. The molecule has 35 heavy (non-hydrogen) atoms. The van der Waals surface area contributed by atoms with E-state index in [0.717, 1.165) is 29.1 Å². The first-order chi connectivity index (χ1) is 16.6. The molecule has 0 aromatic heterocycles. The summed E-state index contributed by atoms with van der Waals surface area (Å²) < 4.78 is 46.6. The predicted octanol–water partition coefficient (Wildman–Crippen LogP) is 3.83. The first-order valence-corrected chi connectivity index (χ1v) is 11.4. The van der Waals surface area contributed by atoms with Crippen molar-refractivity contribution in [2.45, 2.75) is 37.1 Å². The second kappa shape index (κ2) is 8.10. The molecule has 0 bridgehead atoms. The van der Waals surface area contributed by atoms with E-state index in [9.17, 15) is 23.1 Å². The summed E-state index contributed by atoms with van der Waals surface area (Å²) in [6.07, 6.45) is -3.30. The zero-order valence-electron chi connectivity index (χ0n) is 18.7. The Morgan fingerprint density at radius 2 is 1.94 bits per heavy atom. The van der Waals surface area contributed by atoms with Gasteiger partial charge in [0.15, 0.2) is 5.11 Å². The SMILES string of the molecule is CN1C[C@@H](CO)Oc2ccc(N3C(=S)N(c4ccc(C#N)c(C(F)(F)F)c4)C(=O)C34CCC4)cc21. The molecule has 0 radical (unpaired) electrons. The largest absolute Gasteiger partial charge is 0.484 e. The highest BCUT2D eigenvalue weighted by molar-refractivity contribution is 7.81. The summed E-state index contributed by atoms with van der Waals surface area (Å²) in [6.45, 7) is 0.345. The molecule has 2 aromatic rings. The summed E-state index contributed by atoms with van der Waals surface area (Å²) in [5.74, 6) is 0.202. The molecule has 182 valence electrons. The van der Waals surface area contributed by atoms with Crippen molar-refractivity contribution in [3.05, 3.63) is 47.5 Å². The monoisotopic (exact) mass is 502 g/mol. The Hall–Kier alpha value is -3.36. The highest BCUT2D eigenvalue weighted by atomic mass is 32.1. The first-order valence-electron chi connectivity index (χ1n) is 11.0. The van der Waals surface area contributed by atoms with Crippen LogP contribution in [-0.4, -0.2) is 48.0 Å². The topological polar surface area (TPSA) is 80.0 Å². The molecule has 1 aliphatic carbocycles. The molecule has 1 amide bonds. The fourth-order valence-electron chi connectivity index (χ4n) is 4.97. The summed E-state index contributed by atoms with van der Waals surface area (Å²) in [5.41, 5.74) is -1.24. The van der Waals surface area contributed by atoms with Crippen LogP contribution in [0.1, 0.15) is 30.4 Å². The number of thiocarbonyl (C=S) groups is 1. The number of carbonyl (C=O) groups is 1. The number of ether oxygens (including phenoxy) is 1. The van der Waals surface area contributed by atoms with Gasteiger partial charge < -0.3 is 19.6 Å². The van der Waals surface area contributed by atoms with Crippen LogP contribution in [0.5, 0.6) is 5.75 Å². The van der Waals surface area contributed by atoms with E-state index in [-0.39, 0.29) is 29.4 Å². The summed E-state index contributed by atoms with van der Waals surface area (Å²) in [7, 11) is 1.86. The van der Waals surface area contributed by atoms with Crippen LogP contribution in [0.25, 0.3) is 0 Å². The number of amides is 1. The summed E-state index contributed by atoms with van der Waals surface area (Å²) >= 11 is 5.68. The minimum absolute atomic E-state index is 0.0238. The van der Waals surface area contributed by atoms with Crippen molar-refractivity contribution in [1.82, 2.24) is 0 Å². The Morgan fingerprint density at radius 3 is 2.54 bits per heavy atom. The summed E-state index contributed by atoms with van der Waals surface area (Å²) in [4.78, 5) is 18.5. The zero-order chi connectivity index (χ0) is 25.1. The third kappa shape index (κ3) is 3.51. The molecule has 2 aliphatic heterocycles. The van der Waals surface area contributed by atoms with E-state index >= 15 is 0 Å². The standard InChI is InChI=1S/C24H21F3N4O3S/c1-29-12-17(13-32)34-20-6-5-16(10-19(20)29)31-22(35)30(21(33)23(31)7-2-8-23)15-4-3-14(11-28)18(9-15)24(25,26)27/h3-6,9-10,17,32H,2,7-8,12-13H2,1H3/t17-/m0/s1. The molecule has 3 aliphatic rings. The molecule has 5 rings (SSSR count). The van der Waals surface area contributed by atoms with Crippen LogP contribution in [0.3, 0.4) is 0 Å². The van der Waals surface area contributed by atoms with Crippen LogP contribution < -0.4 is 19.4 Å². The molecular weight excluding hydrogens is 481 g/mol. The minimum Gasteiger partial charge on any atom is -0.484 e. The number of benzene rings is 2. The molecule has 0 unspecified atom stereocenters. The predicted molar refractivity (Wildman–Crippen MR) is 127 cm³/mol. The fraction of sp³-hybridized carbons (Fsp3) is 0.375. The number of nitriles is 1. The lowest BCUT2D eigenvalue weighted by Gasteiger charge is -2.43. The number of hydrogen-bond acceptors (Lipinski definition) is 6. The number of fused-ring (bicyclic) bond motifs is 1. The van der Waals surface area contributed by atoms with E-state index in [0.29, 0.717) is 30.8 Å². The first kappa shape index (κ1) is 23.4. The van der Waals surface area contributed by atoms with E-state index in [1.807, 2.05) is 18.0 Å². The van der Waals surface area contributed by atoms with Crippen LogP contribution >= 0.6 is 12.2 Å². The average molecular weight is 503 g/mol. The number of carbonyl (C=O) groups excluding carboxylic acids is 1. The number of rotatable bonds is 3. The van der Waals surface area contributed by atoms with Crippen LogP contribution in [-0.2, 0) is 11.0 Å². The van der Waals surface area contributed by atoms with Crippen molar-refractivity contribution in [2.24, 2.45) is 0 Å². The van der Waals surface area contributed by atoms with Gasteiger partial charge in [-0.15, -0.1) is 0 Å². The van der Waals surface area contributed by atoms with Crippen LogP contribution in [0.15, 0.2) is 36.4 Å². The Bertz CT molecular complexity index is 1270. The third-order valence-electron chi connectivity index (χ3n) is 6.87. The minimum atomic E-state index is -4.76. The Kier molecular flexibility index (Phi) is 5.41. The Morgan fingerprint density at radius 1 is 1.23 bits per heavy atom. The van der Waals surface area contributed by atoms with E-state index in [4.69, 9.17) is 22.2 Å². The van der Waals surface area contributed by atoms with Crippen molar-refractivity contribution in [1.29, 1.82) is 5.26 Å². The lowest BCUT2D eigenvalue weighted by Crippen LogP contribution is -2.55. The molecular formula is C24H21F3N4O3S. The highest BCUT2D eigenvalue weighted by Gasteiger charge is 2.59. The smallest absolute Gasteiger partial charge is 0.417 e. The van der Waals surface area contributed by atoms with E-state index in [2.05, 4.69) is 0 Å². The van der Waals surface area contributed by atoms with Gasteiger partial charge in [0, 0.05) is 12.7 Å². The molecule has 2 heterocycles.